The number of ether oxygens (including phenoxy) is 1. The largest absolute Gasteiger partial charge is 0.492 e. The second-order valence-corrected chi connectivity index (χ2v) is 5.59. The summed E-state index contributed by atoms with van der Waals surface area (Å²) in [6.45, 7) is 4.66. The monoisotopic (exact) mass is 243 g/mol. The summed E-state index contributed by atoms with van der Waals surface area (Å²) in [6.07, 6.45) is 1.13. The molecule has 90 valence electrons. The van der Waals surface area contributed by atoms with Crippen LogP contribution in [0.2, 0.25) is 0 Å². The van der Waals surface area contributed by atoms with Crippen molar-refractivity contribution in [1.82, 2.24) is 4.72 Å². The molecule has 0 aliphatic carbocycles. The van der Waals surface area contributed by atoms with Crippen molar-refractivity contribution >= 4 is 10.0 Å². The summed E-state index contributed by atoms with van der Waals surface area (Å²) in [5.41, 5.74) is 2.37. The summed E-state index contributed by atoms with van der Waals surface area (Å²) in [6, 6.07) is 5.80. The molecule has 0 atom stereocenters. The minimum absolute atomic E-state index is 0.283. The first-order valence-electron chi connectivity index (χ1n) is 5.03. The van der Waals surface area contributed by atoms with Crippen LogP contribution in [0.5, 0.6) is 5.75 Å². The quantitative estimate of drug-likeness (QED) is 0.791. The predicted octanol–water partition coefficient (Wildman–Crippen LogP) is 1.23. The minimum atomic E-state index is -3.12. The van der Waals surface area contributed by atoms with Gasteiger partial charge in [0, 0.05) is 6.54 Å². The van der Waals surface area contributed by atoms with Gasteiger partial charge in [-0.25, -0.2) is 13.1 Å². The fourth-order valence-electron chi connectivity index (χ4n) is 1.20. The Labute approximate surface area is 96.7 Å². The first-order valence-corrected chi connectivity index (χ1v) is 6.92. The maximum absolute atomic E-state index is 10.8. The van der Waals surface area contributed by atoms with Crippen molar-refractivity contribution in [2.75, 3.05) is 19.4 Å². The van der Waals surface area contributed by atoms with E-state index in [2.05, 4.69) is 4.72 Å². The van der Waals surface area contributed by atoms with Gasteiger partial charge >= 0.3 is 0 Å². The van der Waals surface area contributed by atoms with Gasteiger partial charge in [-0.15, -0.1) is 0 Å². The van der Waals surface area contributed by atoms with Gasteiger partial charge < -0.3 is 4.74 Å². The van der Waals surface area contributed by atoms with E-state index in [0.29, 0.717) is 6.61 Å². The number of benzene rings is 1. The van der Waals surface area contributed by atoms with Crippen LogP contribution in [0.15, 0.2) is 18.2 Å². The molecule has 0 bridgehead atoms. The third-order valence-corrected chi connectivity index (χ3v) is 2.94. The van der Waals surface area contributed by atoms with E-state index in [1.807, 2.05) is 32.0 Å². The van der Waals surface area contributed by atoms with E-state index in [9.17, 15) is 8.42 Å². The summed E-state index contributed by atoms with van der Waals surface area (Å²) >= 11 is 0. The van der Waals surface area contributed by atoms with Gasteiger partial charge in [0.1, 0.15) is 12.4 Å². The average molecular weight is 243 g/mol. The van der Waals surface area contributed by atoms with Gasteiger partial charge in [0.25, 0.3) is 0 Å². The van der Waals surface area contributed by atoms with E-state index >= 15 is 0 Å². The highest BCUT2D eigenvalue weighted by Crippen LogP contribution is 2.15. The second kappa shape index (κ2) is 5.32. The molecule has 0 saturated heterocycles. The predicted molar refractivity (Wildman–Crippen MR) is 64.3 cm³/mol. The lowest BCUT2D eigenvalue weighted by atomic mass is 10.1. The summed E-state index contributed by atoms with van der Waals surface area (Å²) in [5, 5.41) is 0. The van der Waals surface area contributed by atoms with E-state index in [0.717, 1.165) is 17.6 Å². The van der Waals surface area contributed by atoms with Crippen molar-refractivity contribution in [2.45, 2.75) is 13.8 Å². The Morgan fingerprint density at radius 3 is 2.50 bits per heavy atom. The third-order valence-electron chi connectivity index (χ3n) is 2.21. The molecule has 1 aromatic carbocycles. The Morgan fingerprint density at radius 2 is 1.94 bits per heavy atom. The molecule has 1 rings (SSSR count). The standard InChI is InChI=1S/C11H17NO3S/c1-9-4-5-11(8-10(9)2)15-7-6-12-16(3,13)14/h4-5,8,12H,6-7H2,1-3H3. The fraction of sp³-hybridized carbons (Fsp3) is 0.455. The molecule has 0 fully saturated rings. The zero-order chi connectivity index (χ0) is 12.2. The van der Waals surface area contributed by atoms with Crippen LogP contribution in [-0.2, 0) is 10.0 Å². The van der Waals surface area contributed by atoms with Crippen molar-refractivity contribution in [3.8, 4) is 5.75 Å². The maximum atomic E-state index is 10.8. The number of hydrogen-bond acceptors (Lipinski definition) is 3. The van der Waals surface area contributed by atoms with E-state index in [-0.39, 0.29) is 6.54 Å². The SMILES string of the molecule is Cc1ccc(OCCNS(C)(=O)=O)cc1C. The smallest absolute Gasteiger partial charge is 0.208 e. The fourth-order valence-corrected chi connectivity index (χ4v) is 1.65. The van der Waals surface area contributed by atoms with Gasteiger partial charge in [-0.1, -0.05) is 6.07 Å². The van der Waals surface area contributed by atoms with Gasteiger partial charge in [0.2, 0.25) is 10.0 Å². The van der Waals surface area contributed by atoms with Gasteiger partial charge in [-0.3, -0.25) is 0 Å². The molecule has 4 nitrogen and oxygen atoms in total. The molecule has 0 heterocycles. The zero-order valence-corrected chi connectivity index (χ0v) is 10.6. The van der Waals surface area contributed by atoms with Crippen molar-refractivity contribution in [3.05, 3.63) is 29.3 Å². The minimum Gasteiger partial charge on any atom is -0.492 e. The average Bonchev–Trinajstić information content (AvgIpc) is 2.17. The van der Waals surface area contributed by atoms with E-state index in [4.69, 9.17) is 4.74 Å². The highest BCUT2D eigenvalue weighted by atomic mass is 32.2. The van der Waals surface area contributed by atoms with Gasteiger partial charge in [-0.05, 0) is 37.1 Å². The topological polar surface area (TPSA) is 55.4 Å². The summed E-state index contributed by atoms with van der Waals surface area (Å²) in [7, 11) is -3.12. The van der Waals surface area contributed by atoms with Crippen LogP contribution in [0.25, 0.3) is 0 Å². The summed E-state index contributed by atoms with van der Waals surface area (Å²) in [5.74, 6) is 0.762. The van der Waals surface area contributed by atoms with Crippen molar-refractivity contribution < 1.29 is 13.2 Å². The number of rotatable bonds is 5. The molecule has 1 N–H and O–H groups in total. The second-order valence-electron chi connectivity index (χ2n) is 3.76. The van der Waals surface area contributed by atoms with Crippen molar-refractivity contribution in [3.63, 3.8) is 0 Å². The molecular formula is C11H17NO3S. The Hall–Kier alpha value is -1.07. The van der Waals surface area contributed by atoms with Crippen molar-refractivity contribution in [1.29, 1.82) is 0 Å². The van der Waals surface area contributed by atoms with Gasteiger partial charge in [-0.2, -0.15) is 0 Å². The number of sulfonamides is 1. The van der Waals surface area contributed by atoms with E-state index in [1.165, 1.54) is 5.56 Å². The number of hydrogen-bond donors (Lipinski definition) is 1. The Balaban J connectivity index is 2.41. The van der Waals surface area contributed by atoms with Crippen LogP contribution in [-0.4, -0.2) is 27.8 Å². The van der Waals surface area contributed by atoms with Crippen LogP contribution in [0.4, 0.5) is 0 Å². The van der Waals surface area contributed by atoms with Gasteiger partial charge in [0.05, 0.1) is 6.26 Å². The summed E-state index contributed by atoms with van der Waals surface area (Å²) in [4.78, 5) is 0. The van der Waals surface area contributed by atoms with Crippen LogP contribution in [0.1, 0.15) is 11.1 Å². The molecule has 5 heteroatoms. The molecule has 0 radical (unpaired) electrons. The highest BCUT2D eigenvalue weighted by Gasteiger charge is 2.00. The first-order chi connectivity index (χ1) is 7.38. The molecule has 0 aliphatic rings. The lowest BCUT2D eigenvalue weighted by Crippen LogP contribution is -2.26. The molecule has 1 aromatic rings. The van der Waals surface area contributed by atoms with E-state index < -0.39 is 10.0 Å². The number of nitrogens with one attached hydrogen (secondary N) is 1. The normalized spacial score (nSPS) is 11.4. The van der Waals surface area contributed by atoms with Crippen molar-refractivity contribution in [2.24, 2.45) is 0 Å². The number of aryl methyl sites for hydroxylation is 2. The lowest BCUT2D eigenvalue weighted by Gasteiger charge is -2.08. The molecule has 0 amide bonds. The van der Waals surface area contributed by atoms with Gasteiger partial charge in [0.15, 0.2) is 0 Å². The maximum Gasteiger partial charge on any atom is 0.208 e. The highest BCUT2D eigenvalue weighted by molar-refractivity contribution is 7.88. The molecule has 0 spiro atoms. The Kier molecular flexibility index (Phi) is 4.32. The lowest BCUT2D eigenvalue weighted by molar-refractivity contribution is 0.322. The Bertz CT molecular complexity index is 454. The molecule has 16 heavy (non-hydrogen) atoms. The molecule has 0 unspecified atom stereocenters. The third kappa shape index (κ3) is 4.63. The molecule has 0 saturated carbocycles. The molecule has 0 aromatic heterocycles. The first kappa shape index (κ1) is 13.0. The van der Waals surface area contributed by atoms with Crippen LogP contribution < -0.4 is 9.46 Å². The summed E-state index contributed by atoms with van der Waals surface area (Å²) < 4.78 is 29.3. The Morgan fingerprint density at radius 1 is 1.25 bits per heavy atom. The van der Waals surface area contributed by atoms with Crippen LogP contribution >= 0.6 is 0 Å². The van der Waals surface area contributed by atoms with Crippen LogP contribution in [0, 0.1) is 13.8 Å². The van der Waals surface area contributed by atoms with E-state index in [1.54, 1.807) is 0 Å². The zero-order valence-electron chi connectivity index (χ0n) is 9.78. The molecule has 0 aliphatic heterocycles. The van der Waals surface area contributed by atoms with Crippen LogP contribution in [0.3, 0.4) is 0 Å². The molecular weight excluding hydrogens is 226 g/mol.